The average Bonchev–Trinajstić information content (AvgIpc) is 2.73. The van der Waals surface area contributed by atoms with Gasteiger partial charge in [-0.2, -0.15) is 0 Å². The molecule has 3 heteroatoms. The van der Waals surface area contributed by atoms with Crippen LogP contribution in [0.2, 0.25) is 0 Å². The number of nitrogens with zero attached hydrogens (tertiary/aromatic N) is 1. The number of hydrogen-bond donors (Lipinski definition) is 1. The zero-order valence-electron chi connectivity index (χ0n) is 9.78. The monoisotopic (exact) mass is 210 g/mol. The lowest BCUT2D eigenvalue weighted by Gasteiger charge is -2.28. The van der Waals surface area contributed by atoms with Gasteiger partial charge in [0.1, 0.15) is 5.76 Å². The van der Waals surface area contributed by atoms with Crippen LogP contribution >= 0.6 is 0 Å². The first-order chi connectivity index (χ1) is 7.33. The van der Waals surface area contributed by atoms with Gasteiger partial charge in [-0.1, -0.05) is 13.8 Å². The summed E-state index contributed by atoms with van der Waals surface area (Å²) in [4.78, 5) is 2.40. The summed E-state index contributed by atoms with van der Waals surface area (Å²) in [6.07, 6.45) is 4.02. The first-order valence-electron chi connectivity index (χ1n) is 5.81. The van der Waals surface area contributed by atoms with E-state index >= 15 is 0 Å². The Bertz CT molecular complexity index is 240. The van der Waals surface area contributed by atoms with E-state index in [1.807, 2.05) is 12.1 Å². The maximum absolute atomic E-state index is 5.82. The van der Waals surface area contributed by atoms with Crippen molar-refractivity contribution in [2.24, 2.45) is 5.73 Å². The number of nitrogens with two attached hydrogens (primary N) is 1. The van der Waals surface area contributed by atoms with Crippen LogP contribution < -0.4 is 5.73 Å². The minimum Gasteiger partial charge on any atom is -0.468 e. The van der Waals surface area contributed by atoms with Crippen LogP contribution in [0.3, 0.4) is 0 Å². The van der Waals surface area contributed by atoms with Crippen LogP contribution in [0.25, 0.3) is 0 Å². The Morgan fingerprint density at radius 2 is 2.00 bits per heavy atom. The molecule has 0 aliphatic rings. The average molecular weight is 210 g/mol. The molecule has 1 heterocycles. The van der Waals surface area contributed by atoms with Gasteiger partial charge in [0.2, 0.25) is 0 Å². The van der Waals surface area contributed by atoms with Crippen LogP contribution in [0.4, 0.5) is 0 Å². The topological polar surface area (TPSA) is 42.4 Å². The second kappa shape index (κ2) is 6.64. The van der Waals surface area contributed by atoms with E-state index in [9.17, 15) is 0 Å². The quantitative estimate of drug-likeness (QED) is 0.751. The summed E-state index contributed by atoms with van der Waals surface area (Å²) < 4.78 is 5.44. The number of rotatable bonds is 7. The molecule has 0 aliphatic carbocycles. The van der Waals surface area contributed by atoms with E-state index in [4.69, 9.17) is 10.2 Å². The molecular formula is C12H22N2O. The third-order valence-corrected chi connectivity index (χ3v) is 2.56. The third kappa shape index (κ3) is 3.36. The predicted octanol–water partition coefficient (Wildman–Crippen LogP) is 2.40. The lowest BCUT2D eigenvalue weighted by molar-refractivity contribution is 0.179. The van der Waals surface area contributed by atoms with Gasteiger partial charge in [0.05, 0.1) is 12.3 Å². The van der Waals surface area contributed by atoms with Crippen molar-refractivity contribution in [2.45, 2.75) is 32.7 Å². The Morgan fingerprint density at radius 3 is 2.40 bits per heavy atom. The van der Waals surface area contributed by atoms with Gasteiger partial charge >= 0.3 is 0 Å². The molecule has 3 nitrogen and oxygen atoms in total. The van der Waals surface area contributed by atoms with Gasteiger partial charge in [-0.3, -0.25) is 4.90 Å². The van der Waals surface area contributed by atoms with Crippen LogP contribution in [0.15, 0.2) is 22.8 Å². The summed E-state index contributed by atoms with van der Waals surface area (Å²) in [7, 11) is 0. The van der Waals surface area contributed by atoms with E-state index in [1.54, 1.807) is 6.26 Å². The van der Waals surface area contributed by atoms with Crippen LogP contribution in [0.1, 0.15) is 38.5 Å². The molecule has 0 fully saturated rings. The smallest absolute Gasteiger partial charge is 0.122 e. The largest absolute Gasteiger partial charge is 0.468 e. The lowest BCUT2D eigenvalue weighted by atomic mass is 10.1. The fraction of sp³-hybridized carbons (Fsp3) is 0.667. The molecule has 0 amide bonds. The van der Waals surface area contributed by atoms with Crippen molar-refractivity contribution in [3.05, 3.63) is 24.2 Å². The first-order valence-corrected chi connectivity index (χ1v) is 5.81. The molecule has 1 aromatic rings. The van der Waals surface area contributed by atoms with Gasteiger partial charge in [0, 0.05) is 6.54 Å². The Morgan fingerprint density at radius 1 is 1.33 bits per heavy atom. The fourth-order valence-electron chi connectivity index (χ4n) is 1.92. The zero-order valence-corrected chi connectivity index (χ0v) is 9.78. The molecule has 15 heavy (non-hydrogen) atoms. The van der Waals surface area contributed by atoms with E-state index in [1.165, 1.54) is 0 Å². The van der Waals surface area contributed by atoms with Gasteiger partial charge in [-0.25, -0.2) is 0 Å². The first kappa shape index (κ1) is 12.3. The minimum absolute atomic E-state index is 0.236. The normalized spacial score (nSPS) is 13.3. The van der Waals surface area contributed by atoms with Gasteiger partial charge < -0.3 is 10.2 Å². The SMILES string of the molecule is CCCN(CCC)C(CN)c1ccco1. The lowest BCUT2D eigenvalue weighted by Crippen LogP contribution is -2.34. The molecule has 0 radical (unpaired) electrons. The van der Waals surface area contributed by atoms with Crippen LogP contribution in [0.5, 0.6) is 0 Å². The minimum atomic E-state index is 0.236. The molecule has 0 aromatic carbocycles. The Hall–Kier alpha value is -0.800. The number of furan rings is 1. The molecule has 1 rings (SSSR count). The van der Waals surface area contributed by atoms with E-state index in [0.29, 0.717) is 6.54 Å². The molecule has 1 atom stereocenters. The van der Waals surface area contributed by atoms with Gasteiger partial charge in [-0.15, -0.1) is 0 Å². The van der Waals surface area contributed by atoms with E-state index < -0.39 is 0 Å². The molecular weight excluding hydrogens is 188 g/mol. The molecule has 1 aromatic heterocycles. The van der Waals surface area contributed by atoms with Crippen molar-refractivity contribution in [1.82, 2.24) is 4.90 Å². The highest BCUT2D eigenvalue weighted by Crippen LogP contribution is 2.20. The van der Waals surface area contributed by atoms with Gasteiger partial charge in [0.25, 0.3) is 0 Å². The van der Waals surface area contributed by atoms with Crippen molar-refractivity contribution in [2.75, 3.05) is 19.6 Å². The van der Waals surface area contributed by atoms with E-state index in [-0.39, 0.29) is 6.04 Å². The maximum atomic E-state index is 5.82. The van der Waals surface area contributed by atoms with Crippen molar-refractivity contribution in [3.8, 4) is 0 Å². The second-order valence-electron chi connectivity index (χ2n) is 3.80. The van der Waals surface area contributed by atoms with Crippen LogP contribution in [0, 0.1) is 0 Å². The number of hydrogen-bond acceptors (Lipinski definition) is 3. The standard InChI is InChI=1S/C12H22N2O/c1-3-7-14(8-4-2)11(10-13)12-6-5-9-15-12/h5-6,9,11H,3-4,7-8,10,13H2,1-2H3. The molecule has 86 valence electrons. The van der Waals surface area contributed by atoms with Gasteiger partial charge in [-0.05, 0) is 38.1 Å². The van der Waals surface area contributed by atoms with Crippen LogP contribution in [-0.4, -0.2) is 24.5 Å². The van der Waals surface area contributed by atoms with Crippen molar-refractivity contribution in [3.63, 3.8) is 0 Å². The Kier molecular flexibility index (Phi) is 5.43. The van der Waals surface area contributed by atoms with Crippen LogP contribution in [-0.2, 0) is 0 Å². The molecule has 2 N–H and O–H groups in total. The summed E-state index contributed by atoms with van der Waals surface area (Å²) in [6, 6.07) is 4.17. The molecule has 0 saturated heterocycles. The molecule has 0 saturated carbocycles. The maximum Gasteiger partial charge on any atom is 0.122 e. The summed E-state index contributed by atoms with van der Waals surface area (Å²) in [6.45, 7) is 7.16. The molecule has 0 aliphatic heterocycles. The fourth-order valence-corrected chi connectivity index (χ4v) is 1.92. The highest BCUT2D eigenvalue weighted by atomic mass is 16.3. The highest BCUT2D eigenvalue weighted by molar-refractivity contribution is 5.05. The third-order valence-electron chi connectivity index (χ3n) is 2.56. The Balaban J connectivity index is 2.69. The molecule has 1 unspecified atom stereocenters. The zero-order chi connectivity index (χ0) is 11.1. The second-order valence-corrected chi connectivity index (χ2v) is 3.80. The summed E-state index contributed by atoms with van der Waals surface area (Å²) >= 11 is 0. The van der Waals surface area contributed by atoms with Crippen molar-refractivity contribution < 1.29 is 4.42 Å². The van der Waals surface area contributed by atoms with Gasteiger partial charge in [0.15, 0.2) is 0 Å². The van der Waals surface area contributed by atoms with Crippen molar-refractivity contribution in [1.29, 1.82) is 0 Å². The van der Waals surface area contributed by atoms with Crippen molar-refractivity contribution >= 4 is 0 Å². The molecule has 0 bridgehead atoms. The van der Waals surface area contributed by atoms with E-state index in [2.05, 4.69) is 18.7 Å². The molecule has 0 spiro atoms. The Labute approximate surface area is 92.2 Å². The predicted molar refractivity (Wildman–Crippen MR) is 62.7 cm³/mol. The summed E-state index contributed by atoms with van der Waals surface area (Å²) in [5.74, 6) is 0.986. The van der Waals surface area contributed by atoms with E-state index in [0.717, 1.165) is 31.7 Å². The summed E-state index contributed by atoms with van der Waals surface area (Å²) in [5, 5.41) is 0. The highest BCUT2D eigenvalue weighted by Gasteiger charge is 2.19. The summed E-state index contributed by atoms with van der Waals surface area (Å²) in [5.41, 5.74) is 5.82.